The Bertz CT molecular complexity index is 481. The lowest BCUT2D eigenvalue weighted by molar-refractivity contribution is -0.117. The van der Waals surface area contributed by atoms with Crippen LogP contribution in [0.2, 0.25) is 0 Å². The molecule has 88 valence electrons. The second-order valence-corrected chi connectivity index (χ2v) is 4.65. The van der Waals surface area contributed by atoms with Crippen LogP contribution in [-0.4, -0.2) is 12.5 Å². The lowest BCUT2D eigenvalue weighted by Crippen LogP contribution is -2.24. The van der Waals surface area contributed by atoms with E-state index >= 15 is 0 Å². The molecule has 1 amide bonds. The molecule has 3 rings (SSSR count). The highest BCUT2D eigenvalue weighted by Gasteiger charge is 2.29. The monoisotopic (exact) mass is 229 g/mol. The molecule has 1 unspecified atom stereocenters. The topological polar surface area (TPSA) is 29.5 Å². The molecule has 3 heteroatoms. The number of ether oxygens (including phenoxy) is 1. The summed E-state index contributed by atoms with van der Waals surface area (Å²) in [6.45, 7) is 5.87. The number of nitrogens with zero attached hydrogens (tertiary/aromatic N) is 1. The predicted molar refractivity (Wildman–Crippen MR) is 65.6 cm³/mol. The number of hydrogen-bond donors (Lipinski definition) is 0. The fourth-order valence-corrected chi connectivity index (χ4v) is 2.47. The van der Waals surface area contributed by atoms with Crippen molar-refractivity contribution in [3.63, 3.8) is 0 Å². The van der Waals surface area contributed by atoms with Crippen LogP contribution in [-0.2, 0) is 22.7 Å². The third-order valence-corrected chi connectivity index (χ3v) is 3.50. The number of amides is 1. The van der Waals surface area contributed by atoms with E-state index in [2.05, 4.69) is 18.7 Å². The van der Waals surface area contributed by atoms with Gasteiger partial charge in [-0.2, -0.15) is 0 Å². The molecular weight excluding hydrogens is 214 g/mol. The van der Waals surface area contributed by atoms with Gasteiger partial charge in [0.05, 0.1) is 13.2 Å². The molecule has 0 spiro atoms. The van der Waals surface area contributed by atoms with Crippen molar-refractivity contribution >= 4 is 11.6 Å². The van der Waals surface area contributed by atoms with Crippen LogP contribution in [0.5, 0.6) is 0 Å². The Hall–Kier alpha value is -1.61. The number of rotatable bonds is 2. The summed E-state index contributed by atoms with van der Waals surface area (Å²) in [7, 11) is 0. The zero-order chi connectivity index (χ0) is 11.8. The van der Waals surface area contributed by atoms with Gasteiger partial charge in [0.2, 0.25) is 5.91 Å². The van der Waals surface area contributed by atoms with Crippen molar-refractivity contribution < 1.29 is 9.53 Å². The van der Waals surface area contributed by atoms with Crippen LogP contribution >= 0.6 is 0 Å². The highest BCUT2D eigenvalue weighted by Crippen LogP contribution is 2.29. The summed E-state index contributed by atoms with van der Waals surface area (Å²) in [5, 5.41) is 0. The Labute approximate surface area is 101 Å². The summed E-state index contributed by atoms with van der Waals surface area (Å²) in [6, 6.07) is 6.15. The molecule has 1 atom stereocenters. The Balaban J connectivity index is 1.89. The second-order valence-electron chi connectivity index (χ2n) is 4.65. The fraction of sp³-hybridized carbons (Fsp3) is 0.357. The summed E-state index contributed by atoms with van der Waals surface area (Å²) >= 11 is 0. The standard InChI is InChI=1S/C14H15NO2/c1-2-10-5-14(16)15(7-10)13-4-3-11-8-17-9-12(11)6-13/h2-4,6,10H,1,5,7-9H2. The highest BCUT2D eigenvalue weighted by atomic mass is 16.5. The zero-order valence-electron chi connectivity index (χ0n) is 9.69. The molecule has 3 nitrogen and oxygen atoms in total. The molecule has 0 saturated carbocycles. The molecule has 0 N–H and O–H groups in total. The van der Waals surface area contributed by atoms with Gasteiger partial charge in [0, 0.05) is 24.6 Å². The number of carbonyl (C=O) groups excluding carboxylic acids is 1. The Morgan fingerprint density at radius 3 is 2.94 bits per heavy atom. The van der Waals surface area contributed by atoms with Crippen molar-refractivity contribution in [2.45, 2.75) is 19.6 Å². The Kier molecular flexibility index (Phi) is 2.48. The summed E-state index contributed by atoms with van der Waals surface area (Å²) in [6.07, 6.45) is 2.45. The number of benzene rings is 1. The van der Waals surface area contributed by atoms with E-state index in [-0.39, 0.29) is 11.8 Å². The van der Waals surface area contributed by atoms with Gasteiger partial charge in [0.15, 0.2) is 0 Å². The lowest BCUT2D eigenvalue weighted by atomic mass is 10.1. The smallest absolute Gasteiger partial charge is 0.227 e. The largest absolute Gasteiger partial charge is 0.372 e. The number of fused-ring (bicyclic) bond motifs is 1. The van der Waals surface area contributed by atoms with Crippen LogP contribution < -0.4 is 4.90 Å². The minimum absolute atomic E-state index is 0.189. The molecule has 1 saturated heterocycles. The summed E-state index contributed by atoms with van der Waals surface area (Å²) in [4.78, 5) is 13.7. The maximum Gasteiger partial charge on any atom is 0.227 e. The molecule has 17 heavy (non-hydrogen) atoms. The first kappa shape index (κ1) is 10.5. The van der Waals surface area contributed by atoms with E-state index in [0.29, 0.717) is 19.6 Å². The van der Waals surface area contributed by atoms with E-state index in [9.17, 15) is 4.79 Å². The second kappa shape index (κ2) is 4.00. The molecule has 1 aromatic carbocycles. The van der Waals surface area contributed by atoms with Crippen molar-refractivity contribution in [2.24, 2.45) is 5.92 Å². The van der Waals surface area contributed by atoms with Crippen LogP contribution in [0.3, 0.4) is 0 Å². The predicted octanol–water partition coefficient (Wildman–Crippen LogP) is 2.26. The Morgan fingerprint density at radius 2 is 2.18 bits per heavy atom. The van der Waals surface area contributed by atoms with E-state index in [1.807, 2.05) is 17.0 Å². The van der Waals surface area contributed by atoms with E-state index < -0.39 is 0 Å². The molecule has 0 aliphatic carbocycles. The van der Waals surface area contributed by atoms with Gasteiger partial charge in [0.1, 0.15) is 0 Å². The van der Waals surface area contributed by atoms with Crippen molar-refractivity contribution in [2.75, 3.05) is 11.4 Å². The van der Waals surface area contributed by atoms with Gasteiger partial charge in [-0.25, -0.2) is 0 Å². The van der Waals surface area contributed by atoms with Crippen LogP contribution in [0.25, 0.3) is 0 Å². The van der Waals surface area contributed by atoms with Crippen molar-refractivity contribution in [3.05, 3.63) is 42.0 Å². The van der Waals surface area contributed by atoms with Gasteiger partial charge in [0.25, 0.3) is 0 Å². The van der Waals surface area contributed by atoms with E-state index in [1.54, 1.807) is 0 Å². The third-order valence-electron chi connectivity index (χ3n) is 3.50. The van der Waals surface area contributed by atoms with Crippen molar-refractivity contribution in [1.29, 1.82) is 0 Å². The molecule has 2 aliphatic rings. The SMILES string of the molecule is C=CC1CC(=O)N(c2ccc3c(c2)COC3)C1. The van der Waals surface area contributed by atoms with E-state index in [4.69, 9.17) is 4.74 Å². The van der Waals surface area contributed by atoms with E-state index in [0.717, 1.165) is 12.2 Å². The third kappa shape index (κ3) is 1.76. The van der Waals surface area contributed by atoms with Gasteiger partial charge in [-0.3, -0.25) is 4.79 Å². The average molecular weight is 229 g/mol. The van der Waals surface area contributed by atoms with Crippen LogP contribution in [0.4, 0.5) is 5.69 Å². The van der Waals surface area contributed by atoms with Gasteiger partial charge >= 0.3 is 0 Å². The normalized spacial score (nSPS) is 22.9. The number of anilines is 1. The van der Waals surface area contributed by atoms with Gasteiger partial charge < -0.3 is 9.64 Å². The van der Waals surface area contributed by atoms with Crippen LogP contribution in [0.15, 0.2) is 30.9 Å². The first-order valence-electron chi connectivity index (χ1n) is 5.90. The molecule has 0 radical (unpaired) electrons. The molecule has 2 heterocycles. The minimum atomic E-state index is 0.189. The first-order chi connectivity index (χ1) is 8.28. The first-order valence-corrected chi connectivity index (χ1v) is 5.90. The fourth-order valence-electron chi connectivity index (χ4n) is 2.47. The van der Waals surface area contributed by atoms with Crippen molar-refractivity contribution in [3.8, 4) is 0 Å². The summed E-state index contributed by atoms with van der Waals surface area (Å²) in [5.74, 6) is 0.473. The van der Waals surface area contributed by atoms with Crippen LogP contribution in [0, 0.1) is 5.92 Å². The highest BCUT2D eigenvalue weighted by molar-refractivity contribution is 5.96. The number of hydrogen-bond acceptors (Lipinski definition) is 2. The maximum absolute atomic E-state index is 11.9. The molecule has 2 aliphatic heterocycles. The summed E-state index contributed by atoms with van der Waals surface area (Å²) < 4.78 is 5.38. The molecule has 0 aromatic heterocycles. The number of carbonyl (C=O) groups is 1. The lowest BCUT2D eigenvalue weighted by Gasteiger charge is -2.17. The zero-order valence-corrected chi connectivity index (χ0v) is 9.69. The molecule has 1 aromatic rings. The Morgan fingerprint density at radius 1 is 1.35 bits per heavy atom. The van der Waals surface area contributed by atoms with Gasteiger partial charge in [-0.05, 0) is 23.3 Å². The van der Waals surface area contributed by atoms with Crippen LogP contribution in [0.1, 0.15) is 17.5 Å². The molecular formula is C14H15NO2. The average Bonchev–Trinajstić information content (AvgIpc) is 2.93. The van der Waals surface area contributed by atoms with Gasteiger partial charge in [-0.1, -0.05) is 12.1 Å². The quantitative estimate of drug-likeness (QED) is 0.728. The summed E-state index contributed by atoms with van der Waals surface area (Å²) in [5.41, 5.74) is 3.43. The molecule has 1 fully saturated rings. The van der Waals surface area contributed by atoms with Crippen molar-refractivity contribution in [1.82, 2.24) is 0 Å². The minimum Gasteiger partial charge on any atom is -0.372 e. The molecule has 0 bridgehead atoms. The van der Waals surface area contributed by atoms with Gasteiger partial charge in [-0.15, -0.1) is 6.58 Å². The van der Waals surface area contributed by atoms with E-state index in [1.165, 1.54) is 11.1 Å². The maximum atomic E-state index is 11.9.